The van der Waals surface area contributed by atoms with Gasteiger partial charge in [-0.25, -0.2) is 0 Å². The first-order valence-corrected chi connectivity index (χ1v) is 15.2. The van der Waals surface area contributed by atoms with Crippen molar-refractivity contribution < 1.29 is 4.57 Å². The van der Waals surface area contributed by atoms with Gasteiger partial charge in [0.1, 0.15) is 0 Å². The molecular formula is H8OP8. The summed E-state index contributed by atoms with van der Waals surface area (Å²) < 4.78 is 10.5. The Kier molecular flexibility index (Phi) is 8.89. The maximum atomic E-state index is 10.5. The molecule has 0 spiro atoms. The van der Waals surface area contributed by atoms with Crippen LogP contribution in [0.2, 0.25) is 0 Å². The van der Waals surface area contributed by atoms with Crippen LogP contribution in [0.5, 0.6) is 0 Å². The summed E-state index contributed by atoms with van der Waals surface area (Å²) in [6.45, 7) is -0.564. The van der Waals surface area contributed by atoms with Crippen molar-refractivity contribution in [3.05, 3.63) is 0 Å². The maximum absolute atomic E-state index is 10.5. The molecule has 0 bridgehead atoms. The molecule has 54 valence electrons. The lowest BCUT2D eigenvalue weighted by Crippen LogP contribution is -1.31. The summed E-state index contributed by atoms with van der Waals surface area (Å²) in [5.74, 6) is 0. The van der Waals surface area contributed by atoms with Crippen LogP contribution in [0.1, 0.15) is 0 Å². The molecule has 4 atom stereocenters. The van der Waals surface area contributed by atoms with Crippen molar-refractivity contribution in [1.82, 2.24) is 0 Å². The molecule has 0 radical (unpaired) electrons. The Morgan fingerprint density at radius 3 is 1.33 bits per heavy atom. The van der Waals surface area contributed by atoms with Gasteiger partial charge in [-0.2, -0.15) is 0 Å². The summed E-state index contributed by atoms with van der Waals surface area (Å²) in [5, 5.41) is 0. The monoisotopic (exact) mass is 272 g/mol. The van der Waals surface area contributed by atoms with Crippen molar-refractivity contribution in [3.8, 4) is 0 Å². The first kappa shape index (κ1) is 12.1. The Balaban J connectivity index is 3.82. The van der Waals surface area contributed by atoms with E-state index in [9.17, 15) is 4.57 Å². The first-order valence-electron chi connectivity index (χ1n) is 1.82. The molecule has 0 saturated heterocycles. The van der Waals surface area contributed by atoms with Crippen LogP contribution in [0.3, 0.4) is 0 Å². The molecule has 9 heavy (non-hydrogen) atoms. The van der Waals surface area contributed by atoms with E-state index in [1.165, 1.54) is 0 Å². The summed E-state index contributed by atoms with van der Waals surface area (Å²) >= 11 is 0. The largest absolute Gasteiger partial charge is 0.269 e. The molecule has 0 aliphatic carbocycles. The molecule has 0 aromatic heterocycles. The minimum absolute atomic E-state index is 0.143. The summed E-state index contributed by atoms with van der Waals surface area (Å²) in [7, 11) is 11.2. The first-order chi connectivity index (χ1) is 4.09. The molecule has 0 aromatic rings. The average Bonchev–Trinajstić information content (AvgIpc) is 1.64. The van der Waals surface area contributed by atoms with E-state index in [4.69, 9.17) is 0 Å². The van der Waals surface area contributed by atoms with Gasteiger partial charge in [0.2, 0.25) is 0 Å². The highest BCUT2D eigenvalue weighted by molar-refractivity contribution is 9.06. The Hall–Kier alpha value is 3.11. The van der Waals surface area contributed by atoms with Gasteiger partial charge in [0, 0.05) is 0 Å². The Labute approximate surface area is 69.6 Å². The molecule has 0 aromatic carbocycles. The van der Waals surface area contributed by atoms with Crippen molar-refractivity contribution in [1.29, 1.82) is 0 Å². The van der Waals surface area contributed by atoms with Gasteiger partial charge >= 0.3 is 0 Å². The Morgan fingerprint density at radius 1 is 1.00 bits per heavy atom. The standard InChI is InChI=1S/H8OP8/c1-6-9(7(2)3)8(4)5/h2-5H2. The Bertz CT molecular complexity index is 76.6. The van der Waals surface area contributed by atoms with Gasteiger partial charge in [-0.1, -0.05) is 0 Å². The fourth-order valence-electron chi connectivity index (χ4n) is 0.204. The fraction of sp³-hybridized carbons (Fsp3) is 0. The van der Waals surface area contributed by atoms with E-state index in [-0.39, 0.29) is 21.0 Å². The summed E-state index contributed by atoms with van der Waals surface area (Å²) in [4.78, 5) is 0. The molecule has 0 saturated carbocycles. The SMILES string of the molecule is O=PP(P(P)P)P(P)P. The van der Waals surface area contributed by atoms with E-state index < -0.39 is 0 Å². The van der Waals surface area contributed by atoms with Gasteiger partial charge in [-0.15, -0.1) is 35.7 Å². The van der Waals surface area contributed by atoms with Crippen molar-refractivity contribution in [2.45, 2.75) is 0 Å². The molecule has 0 heterocycles. The summed E-state index contributed by atoms with van der Waals surface area (Å²) in [5.41, 5.74) is 0. The van der Waals surface area contributed by atoms with Gasteiger partial charge < -0.3 is 0 Å². The number of rotatable bonds is 3. The van der Waals surface area contributed by atoms with Crippen LogP contribution in [0.25, 0.3) is 0 Å². The molecule has 0 N–H and O–H groups in total. The van der Waals surface area contributed by atoms with Crippen LogP contribution in [-0.4, -0.2) is 0 Å². The zero-order valence-electron chi connectivity index (χ0n) is 4.51. The minimum Gasteiger partial charge on any atom is -0.269 e. The van der Waals surface area contributed by atoms with E-state index >= 15 is 0 Å². The van der Waals surface area contributed by atoms with Crippen molar-refractivity contribution >= 4 is 64.8 Å². The second-order valence-corrected chi connectivity index (χ2v) is 28.5. The third-order valence-electron chi connectivity index (χ3n) is 0.486. The summed E-state index contributed by atoms with van der Waals surface area (Å²) in [6, 6.07) is 0. The highest BCUT2D eigenvalue weighted by Gasteiger charge is 2.16. The zero-order valence-corrected chi connectivity index (χ0v) is 12.7. The van der Waals surface area contributed by atoms with E-state index in [0.717, 1.165) is 0 Å². The van der Waals surface area contributed by atoms with Crippen LogP contribution in [-0.2, 0) is 4.57 Å². The third-order valence-corrected chi connectivity index (χ3v) is 35.4. The molecule has 0 rings (SSSR count). The second kappa shape index (κ2) is 6.61. The lowest BCUT2D eigenvalue weighted by Gasteiger charge is -2.15. The second-order valence-electron chi connectivity index (χ2n) is 1.11. The van der Waals surface area contributed by atoms with Crippen molar-refractivity contribution in [2.75, 3.05) is 0 Å². The molecular weight excluding hydrogens is 264 g/mol. The lowest BCUT2D eigenvalue weighted by atomic mass is 16.0. The molecule has 0 aliphatic heterocycles. The topological polar surface area (TPSA) is 17.1 Å². The normalized spacial score (nSPS) is 12.3. The lowest BCUT2D eigenvalue weighted by molar-refractivity contribution is 0.605. The van der Waals surface area contributed by atoms with Gasteiger partial charge in [0.05, 0.1) is 6.99 Å². The van der Waals surface area contributed by atoms with Crippen LogP contribution in [0.4, 0.5) is 0 Å². The highest BCUT2D eigenvalue weighted by atomic mass is 33.1. The van der Waals surface area contributed by atoms with E-state index in [1.54, 1.807) is 0 Å². The predicted molar refractivity (Wildman–Crippen MR) is 67.2 cm³/mol. The maximum Gasteiger partial charge on any atom is 0.191 e. The fourth-order valence-corrected chi connectivity index (χ4v) is 35.8. The quantitative estimate of drug-likeness (QED) is 0.684. The van der Waals surface area contributed by atoms with Crippen LogP contribution in [0.15, 0.2) is 0 Å². The van der Waals surface area contributed by atoms with Gasteiger partial charge in [-0.05, 0) is 14.0 Å². The van der Waals surface area contributed by atoms with Crippen molar-refractivity contribution in [2.24, 2.45) is 0 Å². The highest BCUT2D eigenvalue weighted by Crippen LogP contribution is 3.01. The van der Waals surface area contributed by atoms with Crippen LogP contribution < -0.4 is 0 Å². The van der Waals surface area contributed by atoms with E-state index in [1.807, 2.05) is 0 Å². The average molecular weight is 272 g/mol. The van der Waals surface area contributed by atoms with E-state index in [2.05, 4.69) is 35.7 Å². The van der Waals surface area contributed by atoms with Gasteiger partial charge in [-0.3, -0.25) is 4.57 Å². The van der Waals surface area contributed by atoms with Crippen molar-refractivity contribution in [3.63, 3.8) is 0 Å². The molecule has 0 amide bonds. The molecule has 0 fully saturated rings. The molecule has 9 heteroatoms. The van der Waals surface area contributed by atoms with Gasteiger partial charge in [0.25, 0.3) is 0 Å². The number of hydrogen-bond donors (Lipinski definition) is 0. The van der Waals surface area contributed by atoms with Crippen LogP contribution in [0, 0.1) is 0 Å². The Morgan fingerprint density at radius 2 is 1.33 bits per heavy atom. The molecule has 1 nitrogen and oxygen atoms in total. The minimum atomic E-state index is -0.278. The van der Waals surface area contributed by atoms with E-state index in [0.29, 0.717) is 8.15 Å². The predicted octanol–water partition coefficient (Wildman–Crippen LogP) is 4.63. The zero-order chi connectivity index (χ0) is 7.44. The summed E-state index contributed by atoms with van der Waals surface area (Å²) in [6.07, 6.45) is 0. The molecule has 0 aliphatic rings. The number of hydrogen-bond acceptors (Lipinski definition) is 1. The molecule has 4 unspecified atom stereocenters. The van der Waals surface area contributed by atoms with Crippen LogP contribution >= 0.6 is 64.8 Å². The third kappa shape index (κ3) is 5.36. The smallest absolute Gasteiger partial charge is 0.191 e. The van der Waals surface area contributed by atoms with Gasteiger partial charge in [0.15, 0.2) is 8.15 Å².